The highest BCUT2D eigenvalue weighted by atomic mass is 16.2. The molecule has 1 aromatic heterocycles. The molecule has 1 saturated heterocycles. The van der Waals surface area contributed by atoms with E-state index in [-0.39, 0.29) is 11.3 Å². The number of carbonyl (C=O) groups is 1. The average molecular weight is 276 g/mol. The van der Waals surface area contributed by atoms with E-state index in [0.29, 0.717) is 0 Å². The van der Waals surface area contributed by atoms with Gasteiger partial charge in [-0.1, -0.05) is 6.92 Å². The van der Waals surface area contributed by atoms with Gasteiger partial charge in [-0.25, -0.2) is 4.98 Å². The lowest BCUT2D eigenvalue weighted by Gasteiger charge is -2.35. The molecule has 0 atom stereocenters. The number of carbonyl (C=O) groups excluding carboxylic acids is 1. The minimum Gasteiger partial charge on any atom is -0.361 e. The molecule has 2 rings (SSSR count). The Balaban J connectivity index is 2.18. The van der Waals surface area contributed by atoms with Crippen molar-refractivity contribution in [3.8, 4) is 0 Å². The first-order valence-corrected chi connectivity index (χ1v) is 7.23. The standard InChI is InChI=1S/C15H24N4O/c1-4-15(7-10-16-11-8-15)14(20)18-12-6-5-9-17-13(12)19(2)3/h5-6,9,16H,4,7-8,10-11H2,1-3H3,(H,18,20). The van der Waals surface area contributed by atoms with Crippen molar-refractivity contribution in [3.63, 3.8) is 0 Å². The molecule has 2 N–H and O–H groups in total. The summed E-state index contributed by atoms with van der Waals surface area (Å²) in [4.78, 5) is 18.9. The second-order valence-electron chi connectivity index (χ2n) is 5.61. The van der Waals surface area contributed by atoms with Gasteiger partial charge in [0.2, 0.25) is 5.91 Å². The lowest BCUT2D eigenvalue weighted by molar-refractivity contribution is -0.127. The Hall–Kier alpha value is -1.62. The maximum absolute atomic E-state index is 12.7. The molecule has 0 unspecified atom stereocenters. The van der Waals surface area contributed by atoms with Gasteiger partial charge in [-0.15, -0.1) is 0 Å². The number of nitrogens with zero attached hydrogens (tertiary/aromatic N) is 2. The second-order valence-corrected chi connectivity index (χ2v) is 5.61. The summed E-state index contributed by atoms with van der Waals surface area (Å²) in [5, 5.41) is 6.40. The van der Waals surface area contributed by atoms with Crippen molar-refractivity contribution < 1.29 is 4.79 Å². The third kappa shape index (κ3) is 2.93. The van der Waals surface area contributed by atoms with Crippen molar-refractivity contribution in [2.45, 2.75) is 26.2 Å². The Labute approximate surface area is 120 Å². The number of pyridine rings is 1. The highest BCUT2D eigenvalue weighted by Gasteiger charge is 2.38. The van der Waals surface area contributed by atoms with Crippen molar-refractivity contribution in [2.24, 2.45) is 5.41 Å². The fraction of sp³-hybridized carbons (Fsp3) is 0.600. The van der Waals surface area contributed by atoms with Crippen LogP contribution in [0.15, 0.2) is 18.3 Å². The van der Waals surface area contributed by atoms with E-state index in [1.165, 1.54) is 0 Å². The molecular formula is C15H24N4O. The number of hydrogen-bond acceptors (Lipinski definition) is 4. The molecule has 0 bridgehead atoms. The van der Waals surface area contributed by atoms with Crippen molar-refractivity contribution in [1.82, 2.24) is 10.3 Å². The fourth-order valence-corrected chi connectivity index (χ4v) is 2.75. The van der Waals surface area contributed by atoms with E-state index in [2.05, 4.69) is 22.5 Å². The van der Waals surface area contributed by atoms with Gasteiger partial charge in [-0.05, 0) is 44.5 Å². The zero-order chi connectivity index (χ0) is 14.6. The third-order valence-electron chi connectivity index (χ3n) is 4.18. The Kier molecular flexibility index (Phi) is 4.60. The van der Waals surface area contributed by atoms with Crippen LogP contribution in [0.1, 0.15) is 26.2 Å². The van der Waals surface area contributed by atoms with Gasteiger partial charge in [0.15, 0.2) is 5.82 Å². The summed E-state index contributed by atoms with van der Waals surface area (Å²) in [5.41, 5.74) is 0.541. The fourth-order valence-electron chi connectivity index (χ4n) is 2.75. The first kappa shape index (κ1) is 14.8. The van der Waals surface area contributed by atoms with Crippen LogP contribution in [0, 0.1) is 5.41 Å². The van der Waals surface area contributed by atoms with Gasteiger partial charge in [0.1, 0.15) is 0 Å². The van der Waals surface area contributed by atoms with Crippen molar-refractivity contribution >= 4 is 17.4 Å². The Bertz CT molecular complexity index is 467. The number of aromatic nitrogens is 1. The first-order chi connectivity index (χ1) is 9.59. The molecule has 20 heavy (non-hydrogen) atoms. The van der Waals surface area contributed by atoms with Crippen LogP contribution in [0.3, 0.4) is 0 Å². The summed E-state index contributed by atoms with van der Waals surface area (Å²) >= 11 is 0. The van der Waals surface area contributed by atoms with Gasteiger partial charge in [-0.2, -0.15) is 0 Å². The SMILES string of the molecule is CCC1(C(=O)Nc2cccnc2N(C)C)CCNCC1. The van der Waals surface area contributed by atoms with Crippen LogP contribution in [0.5, 0.6) is 0 Å². The number of rotatable bonds is 4. The van der Waals surface area contributed by atoms with Crippen LogP contribution in [0.2, 0.25) is 0 Å². The van der Waals surface area contributed by atoms with Crippen LogP contribution in [0.4, 0.5) is 11.5 Å². The number of amides is 1. The van der Waals surface area contributed by atoms with Gasteiger partial charge in [0, 0.05) is 20.3 Å². The summed E-state index contributed by atoms with van der Waals surface area (Å²) < 4.78 is 0. The molecule has 0 aromatic carbocycles. The normalized spacial score (nSPS) is 17.6. The zero-order valence-electron chi connectivity index (χ0n) is 12.6. The van der Waals surface area contributed by atoms with E-state index in [4.69, 9.17) is 0 Å². The molecule has 1 fully saturated rings. The first-order valence-electron chi connectivity index (χ1n) is 7.23. The highest BCUT2D eigenvalue weighted by Crippen LogP contribution is 2.34. The Morgan fingerprint density at radius 1 is 1.45 bits per heavy atom. The largest absolute Gasteiger partial charge is 0.361 e. The van der Waals surface area contributed by atoms with Crippen molar-refractivity contribution in [1.29, 1.82) is 0 Å². The average Bonchev–Trinajstić information content (AvgIpc) is 2.48. The van der Waals surface area contributed by atoms with Gasteiger partial charge in [-0.3, -0.25) is 4.79 Å². The summed E-state index contributed by atoms with van der Waals surface area (Å²) in [7, 11) is 3.86. The molecule has 110 valence electrons. The molecule has 5 nitrogen and oxygen atoms in total. The predicted molar refractivity (Wildman–Crippen MR) is 82.0 cm³/mol. The van der Waals surface area contributed by atoms with Gasteiger partial charge in [0.25, 0.3) is 0 Å². The summed E-state index contributed by atoms with van der Waals surface area (Å²) in [6, 6.07) is 3.76. The van der Waals surface area contributed by atoms with E-state index in [1.54, 1.807) is 6.20 Å². The molecule has 0 radical (unpaired) electrons. The molecule has 1 aliphatic rings. The van der Waals surface area contributed by atoms with Crippen LogP contribution in [-0.2, 0) is 4.79 Å². The molecule has 1 amide bonds. The molecule has 1 aliphatic heterocycles. The minimum absolute atomic E-state index is 0.123. The molecule has 0 saturated carbocycles. The van der Waals surface area contributed by atoms with Gasteiger partial charge < -0.3 is 15.5 Å². The van der Waals surface area contributed by atoms with E-state index in [9.17, 15) is 4.79 Å². The lowest BCUT2D eigenvalue weighted by Crippen LogP contribution is -2.44. The molecule has 2 heterocycles. The van der Waals surface area contributed by atoms with Crippen LogP contribution < -0.4 is 15.5 Å². The summed E-state index contributed by atoms with van der Waals surface area (Å²) in [5.74, 6) is 0.915. The molecule has 0 aliphatic carbocycles. The van der Waals surface area contributed by atoms with E-state index in [1.807, 2.05) is 31.1 Å². The maximum Gasteiger partial charge on any atom is 0.230 e. The van der Waals surface area contributed by atoms with Crippen molar-refractivity contribution in [2.75, 3.05) is 37.4 Å². The number of anilines is 2. The predicted octanol–water partition coefficient (Wildman–Crippen LogP) is 1.87. The van der Waals surface area contributed by atoms with Crippen LogP contribution in [0.25, 0.3) is 0 Å². The third-order valence-corrected chi connectivity index (χ3v) is 4.18. The molecule has 0 spiro atoms. The van der Waals surface area contributed by atoms with E-state index < -0.39 is 0 Å². The smallest absolute Gasteiger partial charge is 0.230 e. The number of nitrogens with one attached hydrogen (secondary N) is 2. The monoisotopic (exact) mass is 276 g/mol. The summed E-state index contributed by atoms with van der Waals surface area (Å²) in [6.45, 7) is 3.92. The molecule has 1 aromatic rings. The topological polar surface area (TPSA) is 57.3 Å². The second kappa shape index (κ2) is 6.22. The lowest BCUT2D eigenvalue weighted by atomic mass is 9.76. The van der Waals surface area contributed by atoms with Gasteiger partial charge >= 0.3 is 0 Å². The van der Waals surface area contributed by atoms with Crippen LogP contribution >= 0.6 is 0 Å². The Morgan fingerprint density at radius 3 is 2.75 bits per heavy atom. The number of piperidine rings is 1. The highest BCUT2D eigenvalue weighted by molar-refractivity contribution is 5.97. The zero-order valence-corrected chi connectivity index (χ0v) is 12.6. The van der Waals surface area contributed by atoms with Crippen molar-refractivity contribution in [3.05, 3.63) is 18.3 Å². The Morgan fingerprint density at radius 2 is 2.15 bits per heavy atom. The molecule has 5 heteroatoms. The van der Waals surface area contributed by atoms with E-state index in [0.717, 1.165) is 43.9 Å². The number of hydrogen-bond donors (Lipinski definition) is 2. The summed E-state index contributed by atoms with van der Waals surface area (Å²) in [6.07, 6.45) is 4.41. The quantitative estimate of drug-likeness (QED) is 0.881. The van der Waals surface area contributed by atoms with E-state index >= 15 is 0 Å². The van der Waals surface area contributed by atoms with Gasteiger partial charge in [0.05, 0.1) is 11.1 Å². The minimum atomic E-state index is -0.245. The maximum atomic E-state index is 12.7. The molecular weight excluding hydrogens is 252 g/mol. The van der Waals surface area contributed by atoms with Crippen LogP contribution in [-0.4, -0.2) is 38.1 Å².